The molecular formula is C10H25N5. The summed E-state index contributed by atoms with van der Waals surface area (Å²) < 4.78 is 0. The quantitative estimate of drug-likeness (QED) is 0.292. The third-order valence-corrected chi connectivity index (χ3v) is 2.04. The van der Waals surface area contributed by atoms with Gasteiger partial charge in [0.25, 0.3) is 0 Å². The summed E-state index contributed by atoms with van der Waals surface area (Å²) in [5.74, 6) is 6.78. The van der Waals surface area contributed by atoms with E-state index in [1.807, 2.05) is 0 Å². The topological polar surface area (TPSA) is 56.9 Å². The second kappa shape index (κ2) is 7.48. The van der Waals surface area contributed by atoms with E-state index in [4.69, 9.17) is 5.84 Å². The average Bonchev–Trinajstić information content (AvgIpc) is 2.14. The predicted molar refractivity (Wildman–Crippen MR) is 65.6 cm³/mol. The molecule has 0 saturated carbocycles. The van der Waals surface area contributed by atoms with Crippen molar-refractivity contribution in [3.05, 3.63) is 0 Å². The van der Waals surface area contributed by atoms with Crippen LogP contribution in [-0.4, -0.2) is 56.5 Å². The standard InChI is InChI=1S/C10H25N5/c1-9(2)8-15(7-6-14(4)5)10(12-3)13-11/h9H,6-8,11H2,1-5H3,(H,12,13). The summed E-state index contributed by atoms with van der Waals surface area (Å²) in [6, 6.07) is 0. The van der Waals surface area contributed by atoms with Crippen LogP contribution in [-0.2, 0) is 0 Å². The average molecular weight is 215 g/mol. The second-order valence-electron chi connectivity index (χ2n) is 4.33. The first-order valence-corrected chi connectivity index (χ1v) is 5.34. The molecule has 0 spiro atoms. The zero-order valence-corrected chi connectivity index (χ0v) is 10.6. The normalized spacial score (nSPS) is 12.4. The molecule has 3 N–H and O–H groups in total. The molecule has 0 saturated heterocycles. The molecule has 0 radical (unpaired) electrons. The van der Waals surface area contributed by atoms with E-state index in [1.54, 1.807) is 7.05 Å². The summed E-state index contributed by atoms with van der Waals surface area (Å²) >= 11 is 0. The Labute approximate surface area is 93.3 Å². The summed E-state index contributed by atoms with van der Waals surface area (Å²) in [5.41, 5.74) is 2.64. The van der Waals surface area contributed by atoms with E-state index < -0.39 is 0 Å². The molecule has 15 heavy (non-hydrogen) atoms. The molecule has 0 aliphatic carbocycles. The van der Waals surface area contributed by atoms with Crippen LogP contribution in [0.4, 0.5) is 0 Å². The van der Waals surface area contributed by atoms with Gasteiger partial charge in [-0.1, -0.05) is 13.8 Å². The van der Waals surface area contributed by atoms with Crippen molar-refractivity contribution in [2.24, 2.45) is 16.8 Å². The third-order valence-electron chi connectivity index (χ3n) is 2.04. The highest BCUT2D eigenvalue weighted by Gasteiger charge is 2.11. The van der Waals surface area contributed by atoms with Crippen LogP contribution < -0.4 is 11.3 Å². The van der Waals surface area contributed by atoms with E-state index in [1.165, 1.54) is 0 Å². The number of rotatable bonds is 5. The molecule has 0 bridgehead atoms. The molecule has 0 aliphatic rings. The molecule has 0 rings (SSSR count). The van der Waals surface area contributed by atoms with Crippen molar-refractivity contribution in [2.75, 3.05) is 40.8 Å². The minimum absolute atomic E-state index is 0.595. The van der Waals surface area contributed by atoms with Crippen LogP contribution >= 0.6 is 0 Å². The molecule has 5 nitrogen and oxygen atoms in total. The molecule has 0 fully saturated rings. The number of nitrogens with one attached hydrogen (secondary N) is 1. The van der Waals surface area contributed by atoms with Crippen molar-refractivity contribution in [3.8, 4) is 0 Å². The molecule has 90 valence electrons. The zero-order valence-electron chi connectivity index (χ0n) is 10.6. The first-order valence-electron chi connectivity index (χ1n) is 5.34. The molecule has 5 heteroatoms. The van der Waals surface area contributed by atoms with E-state index in [0.29, 0.717) is 5.92 Å². The predicted octanol–water partition coefficient (Wildman–Crippen LogP) is -0.0449. The third kappa shape index (κ3) is 6.30. The summed E-state index contributed by atoms with van der Waals surface area (Å²) in [6.07, 6.45) is 0. The fourth-order valence-electron chi connectivity index (χ4n) is 1.34. The van der Waals surface area contributed by atoms with Crippen molar-refractivity contribution in [1.82, 2.24) is 15.2 Å². The van der Waals surface area contributed by atoms with Gasteiger partial charge in [0.15, 0.2) is 0 Å². The monoisotopic (exact) mass is 215 g/mol. The molecular weight excluding hydrogens is 190 g/mol. The maximum Gasteiger partial charge on any atom is 0.208 e. The maximum atomic E-state index is 5.43. The number of likely N-dealkylation sites (N-methyl/N-ethyl adjacent to an activating group) is 1. The minimum Gasteiger partial charge on any atom is -0.340 e. The van der Waals surface area contributed by atoms with Crippen LogP contribution in [0.5, 0.6) is 0 Å². The van der Waals surface area contributed by atoms with E-state index in [9.17, 15) is 0 Å². The van der Waals surface area contributed by atoms with E-state index >= 15 is 0 Å². The summed E-state index contributed by atoms with van der Waals surface area (Å²) in [5, 5.41) is 0. The Morgan fingerprint density at radius 3 is 2.27 bits per heavy atom. The number of hydrazine groups is 1. The number of nitrogens with zero attached hydrogens (tertiary/aromatic N) is 3. The number of nitrogens with two attached hydrogens (primary N) is 1. The van der Waals surface area contributed by atoms with Gasteiger partial charge in [0.1, 0.15) is 0 Å². The lowest BCUT2D eigenvalue weighted by molar-refractivity contribution is 0.301. The fraction of sp³-hybridized carbons (Fsp3) is 0.900. The van der Waals surface area contributed by atoms with Crippen molar-refractivity contribution in [3.63, 3.8) is 0 Å². The largest absolute Gasteiger partial charge is 0.340 e. The number of guanidine groups is 1. The van der Waals surface area contributed by atoms with Crippen molar-refractivity contribution in [1.29, 1.82) is 0 Å². The zero-order chi connectivity index (χ0) is 11.8. The summed E-state index contributed by atoms with van der Waals surface area (Å²) in [4.78, 5) is 8.45. The van der Waals surface area contributed by atoms with E-state index in [2.05, 4.69) is 48.2 Å². The Hall–Kier alpha value is -0.810. The molecule has 0 aromatic carbocycles. The Morgan fingerprint density at radius 1 is 1.33 bits per heavy atom. The first-order chi connectivity index (χ1) is 7.01. The van der Waals surface area contributed by atoms with Gasteiger partial charge in [0.05, 0.1) is 0 Å². The van der Waals surface area contributed by atoms with Gasteiger partial charge in [-0.05, 0) is 20.0 Å². The van der Waals surface area contributed by atoms with Gasteiger partial charge in [0, 0.05) is 26.7 Å². The van der Waals surface area contributed by atoms with Crippen LogP contribution in [0.15, 0.2) is 4.99 Å². The van der Waals surface area contributed by atoms with Gasteiger partial charge in [-0.2, -0.15) is 0 Å². The Kier molecular flexibility index (Phi) is 7.07. The van der Waals surface area contributed by atoms with Crippen LogP contribution in [0.3, 0.4) is 0 Å². The molecule has 0 aromatic heterocycles. The number of hydrogen-bond donors (Lipinski definition) is 2. The van der Waals surface area contributed by atoms with Crippen LogP contribution in [0.1, 0.15) is 13.8 Å². The first kappa shape index (κ1) is 14.2. The van der Waals surface area contributed by atoms with Gasteiger partial charge in [-0.3, -0.25) is 10.4 Å². The van der Waals surface area contributed by atoms with Gasteiger partial charge in [0.2, 0.25) is 5.96 Å². The minimum atomic E-state index is 0.595. The summed E-state index contributed by atoms with van der Waals surface area (Å²) in [6.45, 7) is 7.26. The Balaban J connectivity index is 4.29. The molecule has 0 aliphatic heterocycles. The summed E-state index contributed by atoms with van der Waals surface area (Å²) in [7, 11) is 5.87. The lowest BCUT2D eigenvalue weighted by Gasteiger charge is -2.28. The fourth-order valence-corrected chi connectivity index (χ4v) is 1.34. The Morgan fingerprint density at radius 2 is 1.93 bits per heavy atom. The second-order valence-corrected chi connectivity index (χ2v) is 4.33. The van der Waals surface area contributed by atoms with Crippen LogP contribution in [0.25, 0.3) is 0 Å². The van der Waals surface area contributed by atoms with Crippen molar-refractivity contribution < 1.29 is 0 Å². The highest BCUT2D eigenvalue weighted by molar-refractivity contribution is 5.79. The van der Waals surface area contributed by atoms with Gasteiger partial charge in [-0.25, -0.2) is 5.84 Å². The Bertz CT molecular complexity index is 188. The molecule has 0 amide bonds. The highest BCUT2D eigenvalue weighted by Crippen LogP contribution is 1.99. The molecule has 0 aromatic rings. The van der Waals surface area contributed by atoms with Gasteiger partial charge < -0.3 is 9.80 Å². The van der Waals surface area contributed by atoms with E-state index in [-0.39, 0.29) is 0 Å². The van der Waals surface area contributed by atoms with Gasteiger partial charge in [-0.15, -0.1) is 0 Å². The SMILES string of the molecule is CN=C(NN)N(CCN(C)C)CC(C)C. The van der Waals surface area contributed by atoms with E-state index in [0.717, 1.165) is 25.6 Å². The maximum absolute atomic E-state index is 5.43. The molecule has 0 heterocycles. The van der Waals surface area contributed by atoms with Crippen molar-refractivity contribution in [2.45, 2.75) is 13.8 Å². The molecule has 0 unspecified atom stereocenters. The lowest BCUT2D eigenvalue weighted by atomic mass is 10.2. The smallest absolute Gasteiger partial charge is 0.208 e. The van der Waals surface area contributed by atoms with Crippen LogP contribution in [0, 0.1) is 5.92 Å². The van der Waals surface area contributed by atoms with Crippen LogP contribution in [0.2, 0.25) is 0 Å². The lowest BCUT2D eigenvalue weighted by Crippen LogP contribution is -2.48. The van der Waals surface area contributed by atoms with Crippen molar-refractivity contribution >= 4 is 5.96 Å². The number of hydrogen-bond acceptors (Lipinski definition) is 3. The van der Waals surface area contributed by atoms with Gasteiger partial charge >= 0.3 is 0 Å². The number of aliphatic imine (C=N–C) groups is 1. The highest BCUT2D eigenvalue weighted by atomic mass is 15.4. The molecule has 0 atom stereocenters.